The fraction of sp³-hybridized carbons (Fsp3) is 0.250. The van der Waals surface area contributed by atoms with Crippen LogP contribution in [0.4, 0.5) is 5.82 Å². The van der Waals surface area contributed by atoms with Crippen molar-refractivity contribution < 1.29 is 0 Å². The Hall–Kier alpha value is -1.98. The number of nitrogens with two attached hydrogens (primary N) is 1. The van der Waals surface area contributed by atoms with E-state index in [9.17, 15) is 0 Å². The Bertz CT molecular complexity index is 810. The average molecular weight is 296 g/mol. The first-order valence-corrected chi connectivity index (χ1v) is 7.86. The third-order valence-electron chi connectivity index (χ3n) is 3.95. The van der Waals surface area contributed by atoms with Crippen LogP contribution in [0.1, 0.15) is 10.4 Å². The molecule has 5 heteroatoms. The lowest BCUT2D eigenvalue weighted by atomic mass is 10.1. The molecule has 0 saturated carbocycles. The number of fused-ring (bicyclic) bond motifs is 3. The van der Waals surface area contributed by atoms with Crippen LogP contribution in [0.3, 0.4) is 0 Å². The zero-order chi connectivity index (χ0) is 14.4. The maximum Gasteiger partial charge on any atom is 0.163 e. The van der Waals surface area contributed by atoms with E-state index in [1.165, 1.54) is 10.4 Å². The minimum atomic E-state index is 0.612. The van der Waals surface area contributed by atoms with Crippen LogP contribution in [0.2, 0.25) is 0 Å². The predicted molar refractivity (Wildman–Crippen MR) is 87.3 cm³/mol. The van der Waals surface area contributed by atoms with Gasteiger partial charge in [0, 0.05) is 23.5 Å². The summed E-state index contributed by atoms with van der Waals surface area (Å²) in [4.78, 5) is 14.0. The Labute approximate surface area is 127 Å². The van der Waals surface area contributed by atoms with E-state index in [0.717, 1.165) is 35.3 Å². The molecular formula is C16H16N4S. The summed E-state index contributed by atoms with van der Waals surface area (Å²) < 4.78 is 0. The first kappa shape index (κ1) is 12.7. The second-order valence-corrected chi connectivity index (χ2v) is 6.55. The molecule has 0 atom stereocenters. The van der Waals surface area contributed by atoms with Gasteiger partial charge >= 0.3 is 0 Å². The van der Waals surface area contributed by atoms with E-state index in [-0.39, 0.29) is 0 Å². The van der Waals surface area contributed by atoms with Crippen molar-refractivity contribution in [3.63, 3.8) is 0 Å². The van der Waals surface area contributed by atoms with Gasteiger partial charge in [-0.1, -0.05) is 30.3 Å². The number of nitrogen functional groups attached to an aromatic ring is 1. The number of hydrogen-bond acceptors (Lipinski definition) is 5. The molecule has 4 nitrogen and oxygen atoms in total. The Morgan fingerprint density at radius 2 is 2.00 bits per heavy atom. The van der Waals surface area contributed by atoms with E-state index in [1.54, 1.807) is 11.3 Å². The van der Waals surface area contributed by atoms with Crippen LogP contribution in [0.5, 0.6) is 0 Å². The van der Waals surface area contributed by atoms with Crippen LogP contribution in [0.15, 0.2) is 30.3 Å². The highest BCUT2D eigenvalue weighted by Gasteiger charge is 2.22. The molecule has 0 aliphatic carbocycles. The third kappa shape index (κ3) is 2.09. The summed E-state index contributed by atoms with van der Waals surface area (Å²) in [5.74, 6) is 1.33. The number of anilines is 1. The molecule has 0 radical (unpaired) electrons. The van der Waals surface area contributed by atoms with Gasteiger partial charge in [0.05, 0.1) is 5.39 Å². The second kappa shape index (κ2) is 4.79. The molecule has 0 amide bonds. The van der Waals surface area contributed by atoms with E-state index < -0.39 is 0 Å². The van der Waals surface area contributed by atoms with Crippen molar-refractivity contribution in [2.45, 2.75) is 13.0 Å². The molecule has 21 heavy (non-hydrogen) atoms. The molecule has 1 aromatic carbocycles. The summed E-state index contributed by atoms with van der Waals surface area (Å²) in [6, 6.07) is 10.0. The normalized spacial score (nSPS) is 15.3. The van der Waals surface area contributed by atoms with Gasteiger partial charge in [-0.25, -0.2) is 9.97 Å². The molecule has 0 unspecified atom stereocenters. The molecular weight excluding hydrogens is 280 g/mol. The third-order valence-corrected chi connectivity index (χ3v) is 5.06. The average Bonchev–Trinajstić information content (AvgIpc) is 2.85. The molecule has 1 aliphatic heterocycles. The lowest BCUT2D eigenvalue weighted by Crippen LogP contribution is -2.25. The van der Waals surface area contributed by atoms with Crippen molar-refractivity contribution in [3.8, 4) is 11.4 Å². The molecule has 0 spiro atoms. The molecule has 1 aliphatic rings. The van der Waals surface area contributed by atoms with Gasteiger partial charge in [0.2, 0.25) is 0 Å². The minimum Gasteiger partial charge on any atom is -0.383 e. The Morgan fingerprint density at radius 3 is 2.81 bits per heavy atom. The lowest BCUT2D eigenvalue weighted by molar-refractivity contribution is 0.318. The van der Waals surface area contributed by atoms with E-state index >= 15 is 0 Å². The lowest BCUT2D eigenvalue weighted by Gasteiger charge is -2.22. The first-order valence-electron chi connectivity index (χ1n) is 7.04. The highest BCUT2D eigenvalue weighted by Crippen LogP contribution is 2.37. The fourth-order valence-electron chi connectivity index (χ4n) is 2.87. The number of aromatic nitrogens is 2. The number of thiophene rings is 1. The van der Waals surface area contributed by atoms with Gasteiger partial charge in [0.1, 0.15) is 10.6 Å². The summed E-state index contributed by atoms with van der Waals surface area (Å²) in [5, 5.41) is 1.07. The van der Waals surface area contributed by atoms with Gasteiger partial charge in [0.25, 0.3) is 0 Å². The minimum absolute atomic E-state index is 0.612. The van der Waals surface area contributed by atoms with Gasteiger partial charge in [-0.2, -0.15) is 0 Å². The Kier molecular flexibility index (Phi) is 2.90. The van der Waals surface area contributed by atoms with Crippen molar-refractivity contribution >= 4 is 27.4 Å². The van der Waals surface area contributed by atoms with Crippen molar-refractivity contribution in [1.82, 2.24) is 14.9 Å². The molecule has 3 aromatic rings. The molecule has 3 heterocycles. The summed E-state index contributed by atoms with van der Waals surface area (Å²) in [6.45, 7) is 2.05. The predicted octanol–water partition coefficient (Wildman–Crippen LogP) is 2.93. The summed E-state index contributed by atoms with van der Waals surface area (Å²) in [6.07, 6.45) is 1.03. The van der Waals surface area contributed by atoms with Crippen LogP contribution < -0.4 is 5.73 Å². The summed E-state index contributed by atoms with van der Waals surface area (Å²) in [7, 11) is 2.15. The quantitative estimate of drug-likeness (QED) is 0.750. The van der Waals surface area contributed by atoms with Gasteiger partial charge in [0.15, 0.2) is 5.82 Å². The van der Waals surface area contributed by atoms with Gasteiger partial charge in [-0.05, 0) is 19.0 Å². The van der Waals surface area contributed by atoms with E-state index in [2.05, 4.69) is 16.9 Å². The van der Waals surface area contributed by atoms with Crippen molar-refractivity contribution in [2.75, 3.05) is 19.3 Å². The first-order chi connectivity index (χ1) is 10.2. The number of hydrogen-bond donors (Lipinski definition) is 1. The molecule has 0 bridgehead atoms. The Morgan fingerprint density at radius 1 is 1.19 bits per heavy atom. The molecule has 106 valence electrons. The number of nitrogens with zero attached hydrogens (tertiary/aromatic N) is 3. The van der Waals surface area contributed by atoms with E-state index in [4.69, 9.17) is 10.7 Å². The summed E-state index contributed by atoms with van der Waals surface area (Å²) in [5.41, 5.74) is 8.60. The van der Waals surface area contributed by atoms with E-state index in [0.29, 0.717) is 11.6 Å². The standard InChI is InChI=1S/C16H16N4S/c1-20-8-7-11-12(9-20)21-16-13(11)14(17)18-15(19-16)10-5-3-2-4-6-10/h2-6H,7-9H2,1H3,(H2,17,18,19). The van der Waals surface area contributed by atoms with Crippen LogP contribution in [-0.4, -0.2) is 28.5 Å². The second-order valence-electron chi connectivity index (χ2n) is 5.47. The molecule has 0 fully saturated rings. The van der Waals surface area contributed by atoms with Crippen LogP contribution in [0, 0.1) is 0 Å². The van der Waals surface area contributed by atoms with Crippen molar-refractivity contribution in [1.29, 1.82) is 0 Å². The van der Waals surface area contributed by atoms with Gasteiger partial charge in [-0.15, -0.1) is 11.3 Å². The molecule has 2 aromatic heterocycles. The highest BCUT2D eigenvalue weighted by molar-refractivity contribution is 7.19. The maximum atomic E-state index is 6.24. The SMILES string of the molecule is CN1CCc2c(sc3nc(-c4ccccc4)nc(N)c23)C1. The molecule has 4 rings (SSSR count). The number of likely N-dealkylation sites (N-methyl/N-ethyl adjacent to an activating group) is 1. The number of benzene rings is 1. The monoisotopic (exact) mass is 296 g/mol. The zero-order valence-corrected chi connectivity index (χ0v) is 12.7. The number of rotatable bonds is 1. The smallest absolute Gasteiger partial charge is 0.163 e. The van der Waals surface area contributed by atoms with Gasteiger partial charge < -0.3 is 10.6 Å². The molecule has 0 saturated heterocycles. The molecule has 2 N–H and O–H groups in total. The fourth-order valence-corrected chi connectivity index (χ4v) is 4.17. The largest absolute Gasteiger partial charge is 0.383 e. The topological polar surface area (TPSA) is 55.0 Å². The van der Waals surface area contributed by atoms with Crippen LogP contribution in [0.25, 0.3) is 21.6 Å². The maximum absolute atomic E-state index is 6.24. The van der Waals surface area contributed by atoms with Crippen LogP contribution >= 0.6 is 11.3 Å². The Balaban J connectivity index is 1.91. The van der Waals surface area contributed by atoms with E-state index in [1.807, 2.05) is 30.3 Å². The highest BCUT2D eigenvalue weighted by atomic mass is 32.1. The van der Waals surface area contributed by atoms with Gasteiger partial charge in [-0.3, -0.25) is 0 Å². The zero-order valence-electron chi connectivity index (χ0n) is 11.8. The van der Waals surface area contributed by atoms with Crippen LogP contribution in [-0.2, 0) is 13.0 Å². The van der Waals surface area contributed by atoms with Crippen molar-refractivity contribution in [2.24, 2.45) is 0 Å². The summed E-state index contributed by atoms with van der Waals surface area (Å²) >= 11 is 1.75. The van der Waals surface area contributed by atoms with Crippen molar-refractivity contribution in [3.05, 3.63) is 40.8 Å².